The van der Waals surface area contributed by atoms with Crippen molar-refractivity contribution in [3.8, 4) is 5.75 Å². The predicted molar refractivity (Wildman–Crippen MR) is 115 cm³/mol. The number of carbonyl (C=O) groups is 1. The van der Waals surface area contributed by atoms with Gasteiger partial charge in [-0.3, -0.25) is 19.9 Å². The maximum absolute atomic E-state index is 13.5. The zero-order valence-corrected chi connectivity index (χ0v) is 18.4. The van der Waals surface area contributed by atoms with Crippen LogP contribution in [0.25, 0.3) is 0 Å². The van der Waals surface area contributed by atoms with Gasteiger partial charge in [0.05, 0.1) is 11.5 Å². The summed E-state index contributed by atoms with van der Waals surface area (Å²) in [6.07, 6.45) is 5.86. The Morgan fingerprint density at radius 1 is 1.23 bits per heavy atom. The fourth-order valence-corrected chi connectivity index (χ4v) is 5.64. The highest BCUT2D eigenvalue weighted by molar-refractivity contribution is 7.92. The number of rotatable bonds is 9. The molecule has 31 heavy (non-hydrogen) atoms. The van der Waals surface area contributed by atoms with Crippen molar-refractivity contribution in [2.45, 2.75) is 49.4 Å². The SMILES string of the molecule is CCCCOc1ccc(S(=O)(=O)C2CC(C(=O)NO)CCN2Cc2ccncc2)cc1. The molecule has 0 radical (unpaired) electrons. The molecule has 1 saturated heterocycles. The lowest BCUT2D eigenvalue weighted by molar-refractivity contribution is -0.135. The van der Waals surface area contributed by atoms with Gasteiger partial charge in [-0.15, -0.1) is 0 Å². The smallest absolute Gasteiger partial charge is 0.246 e. The number of nitrogens with one attached hydrogen (secondary N) is 1. The zero-order chi connectivity index (χ0) is 22.3. The molecule has 0 bridgehead atoms. The molecule has 3 rings (SSSR count). The van der Waals surface area contributed by atoms with Gasteiger partial charge in [-0.2, -0.15) is 0 Å². The zero-order valence-electron chi connectivity index (χ0n) is 17.6. The minimum atomic E-state index is -3.75. The highest BCUT2D eigenvalue weighted by atomic mass is 32.2. The van der Waals surface area contributed by atoms with Gasteiger partial charge in [-0.05, 0) is 61.2 Å². The van der Waals surface area contributed by atoms with Crippen LogP contribution in [0.5, 0.6) is 5.75 Å². The van der Waals surface area contributed by atoms with E-state index >= 15 is 0 Å². The van der Waals surface area contributed by atoms with E-state index in [4.69, 9.17) is 9.94 Å². The summed E-state index contributed by atoms with van der Waals surface area (Å²) >= 11 is 0. The summed E-state index contributed by atoms with van der Waals surface area (Å²) in [5.41, 5.74) is 2.61. The van der Waals surface area contributed by atoms with E-state index in [-0.39, 0.29) is 11.3 Å². The molecule has 1 amide bonds. The standard InChI is InChI=1S/C22H29N3O5S/c1-2-3-14-30-19-4-6-20(7-5-19)31(28,29)21-15-18(22(26)24-27)10-13-25(21)16-17-8-11-23-12-9-17/h4-9,11-12,18,21,27H,2-3,10,13-16H2,1H3,(H,24,26). The van der Waals surface area contributed by atoms with Crippen molar-refractivity contribution in [3.63, 3.8) is 0 Å². The molecular weight excluding hydrogens is 418 g/mol. The van der Waals surface area contributed by atoms with Gasteiger partial charge in [-0.25, -0.2) is 13.9 Å². The third-order valence-corrected chi connectivity index (χ3v) is 7.69. The third kappa shape index (κ3) is 5.81. The van der Waals surface area contributed by atoms with Crippen LogP contribution in [0.2, 0.25) is 0 Å². The van der Waals surface area contributed by atoms with Crippen LogP contribution in [0.3, 0.4) is 0 Å². The first-order valence-electron chi connectivity index (χ1n) is 10.5. The Labute approximate surface area is 183 Å². The topological polar surface area (TPSA) is 109 Å². The molecule has 2 atom stereocenters. The molecule has 1 fully saturated rings. The van der Waals surface area contributed by atoms with Gasteiger partial charge in [0, 0.05) is 31.4 Å². The lowest BCUT2D eigenvalue weighted by Crippen LogP contribution is -2.49. The van der Waals surface area contributed by atoms with E-state index in [0.717, 1.165) is 18.4 Å². The minimum Gasteiger partial charge on any atom is -0.494 e. The van der Waals surface area contributed by atoms with Crippen LogP contribution < -0.4 is 10.2 Å². The summed E-state index contributed by atoms with van der Waals surface area (Å²) in [5, 5.41) is 8.14. The number of pyridine rings is 1. The number of unbranched alkanes of at least 4 members (excludes halogenated alkanes) is 1. The molecule has 2 heterocycles. The number of piperidine rings is 1. The molecule has 2 unspecified atom stereocenters. The Kier molecular flexibility index (Phi) is 8.00. The normalized spacial score (nSPS) is 19.7. The molecule has 9 heteroatoms. The second kappa shape index (κ2) is 10.7. The van der Waals surface area contributed by atoms with Crippen molar-refractivity contribution >= 4 is 15.7 Å². The summed E-state index contributed by atoms with van der Waals surface area (Å²) in [4.78, 5) is 18.1. The van der Waals surface area contributed by atoms with Crippen LogP contribution in [0, 0.1) is 5.92 Å². The molecule has 2 N–H and O–H groups in total. The Hall–Kier alpha value is -2.49. The van der Waals surface area contributed by atoms with Crippen LogP contribution in [-0.4, -0.2) is 47.9 Å². The van der Waals surface area contributed by atoms with Gasteiger partial charge in [0.25, 0.3) is 0 Å². The first-order valence-corrected chi connectivity index (χ1v) is 12.0. The first kappa shape index (κ1) is 23.2. The number of benzene rings is 1. The molecule has 168 valence electrons. The molecule has 0 aliphatic carbocycles. The predicted octanol–water partition coefficient (Wildman–Crippen LogP) is 2.78. The maximum Gasteiger partial charge on any atom is 0.246 e. The minimum absolute atomic E-state index is 0.106. The fraction of sp³-hybridized carbons (Fsp3) is 0.455. The van der Waals surface area contributed by atoms with E-state index in [1.165, 1.54) is 0 Å². The van der Waals surface area contributed by atoms with E-state index < -0.39 is 27.0 Å². The summed E-state index contributed by atoms with van der Waals surface area (Å²) in [6.45, 7) is 3.51. The van der Waals surface area contributed by atoms with Crippen molar-refractivity contribution in [2.75, 3.05) is 13.2 Å². The lowest BCUT2D eigenvalue weighted by atomic mass is 9.95. The molecule has 1 aliphatic heterocycles. The number of hydrogen-bond acceptors (Lipinski definition) is 7. The fourth-order valence-electron chi connectivity index (χ4n) is 3.75. The molecule has 2 aromatic rings. The number of sulfone groups is 1. The van der Waals surface area contributed by atoms with E-state index in [1.54, 1.807) is 42.1 Å². The molecule has 1 aliphatic rings. The van der Waals surface area contributed by atoms with Crippen molar-refractivity contribution in [3.05, 3.63) is 54.4 Å². The lowest BCUT2D eigenvalue weighted by Gasteiger charge is -2.38. The number of likely N-dealkylation sites (tertiary alicyclic amines) is 1. The third-order valence-electron chi connectivity index (χ3n) is 5.55. The summed E-state index contributed by atoms with van der Waals surface area (Å²) < 4.78 is 32.7. The van der Waals surface area contributed by atoms with Crippen LogP contribution >= 0.6 is 0 Å². The van der Waals surface area contributed by atoms with Crippen molar-refractivity contribution in [1.29, 1.82) is 0 Å². The van der Waals surface area contributed by atoms with E-state index in [1.807, 2.05) is 17.0 Å². The Balaban J connectivity index is 1.84. The molecule has 0 saturated carbocycles. The number of aromatic nitrogens is 1. The van der Waals surface area contributed by atoms with Crippen molar-refractivity contribution < 1.29 is 23.2 Å². The van der Waals surface area contributed by atoms with Gasteiger partial charge in [0.1, 0.15) is 11.1 Å². The van der Waals surface area contributed by atoms with E-state index in [2.05, 4.69) is 11.9 Å². The molecule has 0 spiro atoms. The summed E-state index contributed by atoms with van der Waals surface area (Å²) in [5.74, 6) is -0.499. The molecule has 8 nitrogen and oxygen atoms in total. The maximum atomic E-state index is 13.5. The van der Waals surface area contributed by atoms with Crippen molar-refractivity contribution in [1.82, 2.24) is 15.4 Å². The van der Waals surface area contributed by atoms with Crippen LogP contribution in [-0.2, 0) is 21.2 Å². The highest BCUT2D eigenvalue weighted by Crippen LogP contribution is 2.32. The average Bonchev–Trinajstić information content (AvgIpc) is 2.80. The second-order valence-electron chi connectivity index (χ2n) is 7.70. The number of ether oxygens (including phenoxy) is 1. The van der Waals surface area contributed by atoms with Crippen LogP contribution in [0.15, 0.2) is 53.7 Å². The highest BCUT2D eigenvalue weighted by Gasteiger charge is 2.40. The summed E-state index contributed by atoms with van der Waals surface area (Å²) in [7, 11) is -3.75. The largest absolute Gasteiger partial charge is 0.494 e. The van der Waals surface area contributed by atoms with Crippen LogP contribution in [0.4, 0.5) is 0 Å². The Bertz CT molecular complexity index is 951. The number of carbonyl (C=O) groups excluding carboxylic acids is 1. The number of hydrogen-bond donors (Lipinski definition) is 2. The van der Waals surface area contributed by atoms with Gasteiger partial charge < -0.3 is 4.74 Å². The van der Waals surface area contributed by atoms with E-state index in [0.29, 0.717) is 31.9 Å². The second-order valence-corrected chi connectivity index (χ2v) is 9.80. The van der Waals surface area contributed by atoms with Gasteiger partial charge in [0.2, 0.25) is 5.91 Å². The monoisotopic (exact) mass is 447 g/mol. The summed E-state index contributed by atoms with van der Waals surface area (Å²) in [6, 6.07) is 10.1. The Morgan fingerprint density at radius 3 is 2.58 bits per heavy atom. The molecule has 1 aromatic carbocycles. The molecular formula is C22H29N3O5S. The van der Waals surface area contributed by atoms with Crippen LogP contribution in [0.1, 0.15) is 38.2 Å². The van der Waals surface area contributed by atoms with Crippen molar-refractivity contribution in [2.24, 2.45) is 5.92 Å². The Morgan fingerprint density at radius 2 is 1.94 bits per heavy atom. The number of amides is 1. The number of nitrogens with zero attached hydrogens (tertiary/aromatic N) is 2. The van der Waals surface area contributed by atoms with Gasteiger partial charge in [-0.1, -0.05) is 13.3 Å². The van der Waals surface area contributed by atoms with Gasteiger partial charge in [0.15, 0.2) is 9.84 Å². The van der Waals surface area contributed by atoms with E-state index in [9.17, 15) is 13.2 Å². The first-order chi connectivity index (χ1) is 15.0. The quantitative estimate of drug-likeness (QED) is 0.346. The molecule has 1 aromatic heterocycles. The average molecular weight is 448 g/mol. The number of hydroxylamine groups is 1. The van der Waals surface area contributed by atoms with Gasteiger partial charge >= 0.3 is 0 Å².